The van der Waals surface area contributed by atoms with Gasteiger partial charge in [0.1, 0.15) is 5.52 Å². The van der Waals surface area contributed by atoms with Crippen LogP contribution in [0.1, 0.15) is 12.8 Å². The van der Waals surface area contributed by atoms with Gasteiger partial charge in [-0.3, -0.25) is 5.32 Å². The van der Waals surface area contributed by atoms with Crippen molar-refractivity contribution in [3.63, 3.8) is 0 Å². The van der Waals surface area contributed by atoms with E-state index in [4.69, 9.17) is 20.4 Å². The maximum atomic E-state index is 5.91. The molecule has 0 bridgehead atoms. The molecule has 1 aromatic carbocycles. The average Bonchev–Trinajstić information content (AvgIpc) is 3.16. The molecule has 8 heteroatoms. The first-order valence-electron chi connectivity index (χ1n) is 6.69. The van der Waals surface area contributed by atoms with Gasteiger partial charge in [0.2, 0.25) is 0 Å². The second-order valence-corrected chi connectivity index (χ2v) is 5.28. The molecule has 4 rings (SSSR count). The molecule has 0 unspecified atom stereocenters. The van der Waals surface area contributed by atoms with Gasteiger partial charge in [-0.2, -0.15) is 4.98 Å². The molecule has 0 atom stereocenters. The molecule has 0 spiro atoms. The molecule has 3 aromatic rings. The summed E-state index contributed by atoms with van der Waals surface area (Å²) in [6.45, 7) is 1.89. The van der Waals surface area contributed by atoms with Crippen LogP contribution in [-0.4, -0.2) is 28.3 Å². The Morgan fingerprint density at radius 3 is 2.81 bits per heavy atom. The highest BCUT2D eigenvalue weighted by Crippen LogP contribution is 2.26. The minimum absolute atomic E-state index is 0.259. The lowest BCUT2D eigenvalue weighted by Gasteiger charge is -2.09. The quantitative estimate of drug-likeness (QED) is 0.795. The first-order chi connectivity index (χ1) is 10.3. The van der Waals surface area contributed by atoms with E-state index in [9.17, 15) is 0 Å². The largest absolute Gasteiger partial charge is 0.423 e. The molecule has 2 aromatic heterocycles. The third-order valence-corrected chi connectivity index (χ3v) is 3.59. The lowest BCUT2D eigenvalue weighted by molar-refractivity contribution is 0.550. The van der Waals surface area contributed by atoms with Crippen LogP contribution in [0.4, 0.5) is 18.0 Å². The summed E-state index contributed by atoms with van der Waals surface area (Å²) in [5.41, 5.74) is 1.31. The van der Waals surface area contributed by atoms with E-state index in [1.54, 1.807) is 18.2 Å². The monoisotopic (exact) mass is 305 g/mol. The molecule has 108 valence electrons. The van der Waals surface area contributed by atoms with Crippen LogP contribution in [0.15, 0.2) is 27.0 Å². The summed E-state index contributed by atoms with van der Waals surface area (Å²) in [6.07, 6.45) is 2.30. The van der Waals surface area contributed by atoms with Gasteiger partial charge in [-0.15, -0.1) is 0 Å². The highest BCUT2D eigenvalue weighted by atomic mass is 35.5. The zero-order chi connectivity index (χ0) is 14.2. The van der Waals surface area contributed by atoms with Crippen molar-refractivity contribution in [1.29, 1.82) is 0 Å². The normalized spacial score (nSPS) is 15.0. The minimum Gasteiger partial charge on any atom is -0.423 e. The van der Waals surface area contributed by atoms with Gasteiger partial charge in [-0.05, 0) is 25.0 Å². The molecule has 1 fully saturated rings. The van der Waals surface area contributed by atoms with Crippen molar-refractivity contribution in [1.82, 2.24) is 15.2 Å². The number of oxazole rings is 1. The van der Waals surface area contributed by atoms with E-state index in [-0.39, 0.29) is 6.01 Å². The van der Waals surface area contributed by atoms with Crippen LogP contribution < -0.4 is 10.2 Å². The van der Waals surface area contributed by atoms with Gasteiger partial charge in [-0.1, -0.05) is 21.8 Å². The first kappa shape index (κ1) is 12.5. The van der Waals surface area contributed by atoms with Gasteiger partial charge in [-0.25, -0.2) is 0 Å². The highest BCUT2D eigenvalue weighted by molar-refractivity contribution is 6.31. The Kier molecular flexibility index (Phi) is 2.92. The third-order valence-electron chi connectivity index (χ3n) is 3.36. The second kappa shape index (κ2) is 4.92. The number of fused-ring (bicyclic) bond motifs is 1. The van der Waals surface area contributed by atoms with Crippen molar-refractivity contribution < 1.29 is 8.83 Å². The van der Waals surface area contributed by atoms with Crippen molar-refractivity contribution >= 4 is 40.7 Å². The van der Waals surface area contributed by atoms with Crippen molar-refractivity contribution in [2.45, 2.75) is 12.8 Å². The summed E-state index contributed by atoms with van der Waals surface area (Å²) in [5.74, 6) is 0. The predicted octanol–water partition coefficient (Wildman–Crippen LogP) is 3.21. The van der Waals surface area contributed by atoms with Crippen LogP contribution in [0, 0.1) is 0 Å². The highest BCUT2D eigenvalue weighted by Gasteiger charge is 2.19. The Morgan fingerprint density at radius 1 is 1.10 bits per heavy atom. The zero-order valence-electron chi connectivity index (χ0n) is 11.0. The smallest absolute Gasteiger partial charge is 0.325 e. The number of aromatic nitrogens is 3. The van der Waals surface area contributed by atoms with Crippen molar-refractivity contribution in [3.8, 4) is 0 Å². The standard InChI is InChI=1S/C13H12ClN5O2/c14-8-3-4-9-10(7-8)20-11(15-9)16-12-17-18-13(21-12)19-5-1-2-6-19/h3-4,7H,1-2,5-6H2,(H,15,16,17). The topological polar surface area (TPSA) is 80.2 Å². The van der Waals surface area contributed by atoms with Crippen LogP contribution >= 0.6 is 11.6 Å². The van der Waals surface area contributed by atoms with Crippen molar-refractivity contribution in [2.24, 2.45) is 0 Å². The fraction of sp³-hybridized carbons (Fsp3) is 0.308. The van der Waals surface area contributed by atoms with Gasteiger partial charge in [0.15, 0.2) is 5.58 Å². The van der Waals surface area contributed by atoms with Crippen molar-refractivity contribution in [2.75, 3.05) is 23.3 Å². The van der Waals surface area contributed by atoms with Crippen molar-refractivity contribution in [3.05, 3.63) is 23.2 Å². The average molecular weight is 306 g/mol. The molecular weight excluding hydrogens is 294 g/mol. The molecule has 1 aliphatic heterocycles. The number of benzene rings is 1. The first-order valence-corrected chi connectivity index (χ1v) is 7.07. The fourth-order valence-electron chi connectivity index (χ4n) is 2.35. The SMILES string of the molecule is Clc1ccc2nc(Nc3nnc(N4CCCC4)o3)oc2c1. The van der Waals surface area contributed by atoms with Crippen LogP contribution in [0.3, 0.4) is 0 Å². The number of halogens is 1. The van der Waals surface area contributed by atoms with E-state index in [0.717, 1.165) is 25.9 Å². The summed E-state index contributed by atoms with van der Waals surface area (Å²) < 4.78 is 11.1. The maximum absolute atomic E-state index is 5.91. The van der Waals surface area contributed by atoms with Gasteiger partial charge in [0.25, 0.3) is 0 Å². The third kappa shape index (κ3) is 2.40. The number of nitrogens with zero attached hydrogens (tertiary/aromatic N) is 4. The molecule has 3 heterocycles. The molecule has 1 saturated heterocycles. The molecule has 1 N–H and O–H groups in total. The zero-order valence-corrected chi connectivity index (χ0v) is 11.8. The molecule has 21 heavy (non-hydrogen) atoms. The van der Waals surface area contributed by atoms with Gasteiger partial charge in [0, 0.05) is 24.2 Å². The molecule has 0 amide bonds. The van der Waals surface area contributed by atoms with E-state index in [1.807, 2.05) is 0 Å². The summed E-state index contributed by atoms with van der Waals surface area (Å²) in [5, 5.41) is 11.4. The molecule has 1 aliphatic rings. The molecule has 0 saturated carbocycles. The summed E-state index contributed by atoms with van der Waals surface area (Å²) in [4.78, 5) is 6.34. The summed E-state index contributed by atoms with van der Waals surface area (Å²) >= 11 is 5.91. The number of hydrogen-bond donors (Lipinski definition) is 1. The van der Waals surface area contributed by atoms with E-state index >= 15 is 0 Å². The lowest BCUT2D eigenvalue weighted by atomic mass is 10.3. The minimum atomic E-state index is 0.259. The van der Waals surface area contributed by atoms with Crippen LogP contribution in [0.25, 0.3) is 11.1 Å². The Hall–Kier alpha value is -2.28. The fourth-order valence-corrected chi connectivity index (χ4v) is 2.51. The lowest BCUT2D eigenvalue weighted by Crippen LogP contribution is -2.17. The molecule has 0 aliphatic carbocycles. The number of hydrogen-bond acceptors (Lipinski definition) is 7. The Labute approximate surface area is 124 Å². The Bertz CT molecular complexity index is 778. The van der Waals surface area contributed by atoms with Gasteiger partial charge < -0.3 is 13.7 Å². The Morgan fingerprint density at radius 2 is 1.95 bits per heavy atom. The van der Waals surface area contributed by atoms with Crippen LogP contribution in [0.2, 0.25) is 5.02 Å². The van der Waals surface area contributed by atoms with Gasteiger partial charge in [0.05, 0.1) is 0 Å². The van der Waals surface area contributed by atoms with Crippen LogP contribution in [-0.2, 0) is 0 Å². The Balaban J connectivity index is 1.56. The molecule has 0 radical (unpaired) electrons. The number of anilines is 3. The van der Waals surface area contributed by atoms with E-state index in [1.165, 1.54) is 0 Å². The van der Waals surface area contributed by atoms with Gasteiger partial charge >= 0.3 is 18.0 Å². The predicted molar refractivity (Wildman–Crippen MR) is 78.0 cm³/mol. The van der Waals surface area contributed by atoms with E-state index < -0.39 is 0 Å². The summed E-state index contributed by atoms with van der Waals surface area (Å²) in [6, 6.07) is 6.33. The second-order valence-electron chi connectivity index (χ2n) is 4.84. The van der Waals surface area contributed by atoms with E-state index in [2.05, 4.69) is 25.4 Å². The summed E-state index contributed by atoms with van der Waals surface area (Å²) in [7, 11) is 0. The van der Waals surface area contributed by atoms with E-state index in [0.29, 0.717) is 28.2 Å². The number of rotatable bonds is 3. The molecule has 7 nitrogen and oxygen atoms in total. The number of nitrogens with one attached hydrogen (secondary N) is 1. The molecular formula is C13H12ClN5O2. The maximum Gasteiger partial charge on any atom is 0.325 e. The van der Waals surface area contributed by atoms with Crippen LogP contribution in [0.5, 0.6) is 0 Å².